The second-order valence-electron chi connectivity index (χ2n) is 6.39. The molecular weight excluding hydrogens is 418 g/mol. The molecule has 0 saturated carbocycles. The first-order valence-corrected chi connectivity index (χ1v) is 9.48. The predicted octanol–water partition coefficient (Wildman–Crippen LogP) is 5.37. The van der Waals surface area contributed by atoms with Crippen molar-refractivity contribution in [2.75, 3.05) is 5.32 Å². The molecule has 0 aliphatic carbocycles. The number of carbonyl (C=O) groups excluding carboxylic acids is 1. The van der Waals surface area contributed by atoms with Crippen LogP contribution in [0.2, 0.25) is 5.02 Å². The van der Waals surface area contributed by atoms with Crippen LogP contribution in [0.3, 0.4) is 0 Å². The van der Waals surface area contributed by atoms with Crippen molar-refractivity contribution in [2.24, 2.45) is 0 Å². The highest BCUT2D eigenvalue weighted by Crippen LogP contribution is 2.27. The Kier molecular flexibility index (Phi) is 6.99. The summed E-state index contributed by atoms with van der Waals surface area (Å²) < 4.78 is 5.84. The molecule has 0 aliphatic rings. The van der Waals surface area contributed by atoms with Crippen LogP contribution in [0.25, 0.3) is 6.08 Å². The Morgan fingerprint density at radius 2 is 1.90 bits per heavy atom. The van der Waals surface area contributed by atoms with Crippen molar-refractivity contribution < 1.29 is 14.5 Å². The molecular formula is C23H16ClN3O4. The summed E-state index contributed by atoms with van der Waals surface area (Å²) in [6.07, 6.45) is 1.36. The number of anilines is 1. The first kappa shape index (κ1) is 21.6. The minimum atomic E-state index is -0.711. The molecule has 0 bridgehead atoms. The van der Waals surface area contributed by atoms with Gasteiger partial charge in [0.1, 0.15) is 24.0 Å². The Hall–Kier alpha value is -4.15. The lowest BCUT2D eigenvalue weighted by Gasteiger charge is -2.11. The van der Waals surface area contributed by atoms with E-state index < -0.39 is 10.8 Å². The number of nitriles is 1. The number of benzene rings is 3. The van der Waals surface area contributed by atoms with Gasteiger partial charge in [-0.25, -0.2) is 0 Å². The van der Waals surface area contributed by atoms with Crippen molar-refractivity contribution in [1.29, 1.82) is 5.26 Å². The minimum absolute atomic E-state index is 0.174. The monoisotopic (exact) mass is 433 g/mol. The number of nitro groups is 1. The highest BCUT2D eigenvalue weighted by Gasteiger charge is 2.14. The molecule has 0 aliphatic heterocycles. The Labute approximate surface area is 183 Å². The van der Waals surface area contributed by atoms with Crippen molar-refractivity contribution in [3.8, 4) is 11.8 Å². The summed E-state index contributed by atoms with van der Waals surface area (Å²) in [5, 5.41) is 23.3. The molecule has 0 aromatic heterocycles. The zero-order valence-corrected chi connectivity index (χ0v) is 16.9. The summed E-state index contributed by atoms with van der Waals surface area (Å²) in [6.45, 7) is 0.297. The Morgan fingerprint density at radius 1 is 1.13 bits per heavy atom. The van der Waals surface area contributed by atoms with Crippen LogP contribution in [0, 0.1) is 21.4 Å². The van der Waals surface area contributed by atoms with Gasteiger partial charge in [-0.2, -0.15) is 5.26 Å². The number of carbonyl (C=O) groups is 1. The largest absolute Gasteiger partial charge is 0.488 e. The molecule has 1 N–H and O–H groups in total. The fraction of sp³-hybridized carbons (Fsp3) is 0.0435. The van der Waals surface area contributed by atoms with Crippen molar-refractivity contribution in [2.45, 2.75) is 6.61 Å². The molecule has 0 radical (unpaired) electrons. The number of ether oxygens (including phenoxy) is 1. The molecule has 3 rings (SSSR count). The van der Waals surface area contributed by atoms with E-state index in [2.05, 4.69) is 5.32 Å². The smallest absolute Gasteiger partial charge is 0.271 e. The van der Waals surface area contributed by atoms with Gasteiger partial charge in [-0.1, -0.05) is 48.0 Å². The lowest BCUT2D eigenvalue weighted by Crippen LogP contribution is -2.13. The van der Waals surface area contributed by atoms with Crippen LogP contribution in [-0.2, 0) is 11.4 Å². The second-order valence-corrected chi connectivity index (χ2v) is 6.82. The average Bonchev–Trinajstić information content (AvgIpc) is 2.77. The molecule has 0 fully saturated rings. The number of nitrogens with zero attached hydrogens (tertiary/aromatic N) is 2. The Morgan fingerprint density at radius 3 is 2.61 bits per heavy atom. The Balaban J connectivity index is 1.83. The first-order valence-electron chi connectivity index (χ1n) is 9.10. The van der Waals surface area contributed by atoms with Gasteiger partial charge in [-0.15, -0.1) is 0 Å². The number of hydrogen-bond acceptors (Lipinski definition) is 5. The molecule has 8 heteroatoms. The number of amides is 1. The van der Waals surface area contributed by atoms with E-state index in [0.717, 1.165) is 5.56 Å². The molecule has 0 unspecified atom stereocenters. The number of halogens is 1. The summed E-state index contributed by atoms with van der Waals surface area (Å²) in [4.78, 5) is 22.9. The fourth-order valence-electron chi connectivity index (χ4n) is 2.70. The van der Waals surface area contributed by atoms with Gasteiger partial charge in [0, 0.05) is 28.4 Å². The maximum atomic E-state index is 12.6. The molecule has 3 aromatic carbocycles. The van der Waals surface area contributed by atoms with Crippen LogP contribution < -0.4 is 10.1 Å². The molecule has 7 nitrogen and oxygen atoms in total. The number of rotatable bonds is 7. The molecule has 0 saturated heterocycles. The van der Waals surface area contributed by atoms with Gasteiger partial charge in [0.05, 0.1) is 4.92 Å². The Bertz CT molecular complexity index is 1190. The molecule has 0 atom stereocenters. The van der Waals surface area contributed by atoms with E-state index in [1.54, 1.807) is 18.2 Å². The van der Waals surface area contributed by atoms with Gasteiger partial charge in [0.2, 0.25) is 0 Å². The van der Waals surface area contributed by atoms with Crippen molar-refractivity contribution >= 4 is 35.0 Å². The topological polar surface area (TPSA) is 105 Å². The highest BCUT2D eigenvalue weighted by molar-refractivity contribution is 6.30. The van der Waals surface area contributed by atoms with E-state index in [9.17, 15) is 20.2 Å². The summed E-state index contributed by atoms with van der Waals surface area (Å²) in [5.74, 6) is -0.263. The molecule has 0 heterocycles. The third-order valence-electron chi connectivity index (χ3n) is 4.19. The van der Waals surface area contributed by atoms with Crippen molar-refractivity contribution in [1.82, 2.24) is 0 Å². The predicted molar refractivity (Wildman–Crippen MR) is 118 cm³/mol. The lowest BCUT2D eigenvalue weighted by molar-refractivity contribution is -0.384. The van der Waals surface area contributed by atoms with Crippen molar-refractivity contribution in [3.05, 3.63) is 105 Å². The van der Waals surface area contributed by atoms with Crippen LogP contribution in [0.1, 0.15) is 11.1 Å². The van der Waals surface area contributed by atoms with E-state index in [0.29, 0.717) is 22.9 Å². The van der Waals surface area contributed by atoms with Crippen LogP contribution in [0.4, 0.5) is 11.4 Å². The zero-order valence-electron chi connectivity index (χ0n) is 16.1. The zero-order chi connectivity index (χ0) is 22.2. The fourth-order valence-corrected chi connectivity index (χ4v) is 2.88. The van der Waals surface area contributed by atoms with Gasteiger partial charge in [0.15, 0.2) is 0 Å². The second kappa shape index (κ2) is 10.1. The number of hydrogen-bond donors (Lipinski definition) is 1. The minimum Gasteiger partial charge on any atom is -0.488 e. The van der Waals surface area contributed by atoms with Gasteiger partial charge in [-0.05, 0) is 35.9 Å². The SMILES string of the molecule is N#C/C(=C\c1cc(Cl)ccc1OCc1ccccc1)C(=O)Nc1cccc([N+](=O)[O-])c1. The van der Waals surface area contributed by atoms with E-state index in [1.165, 1.54) is 30.3 Å². The molecule has 154 valence electrons. The molecule has 3 aromatic rings. The normalized spacial score (nSPS) is 10.8. The average molecular weight is 434 g/mol. The summed E-state index contributed by atoms with van der Waals surface area (Å²) in [5.41, 5.74) is 1.22. The van der Waals surface area contributed by atoms with E-state index >= 15 is 0 Å². The van der Waals surface area contributed by atoms with Gasteiger partial charge in [0.25, 0.3) is 11.6 Å². The molecule has 31 heavy (non-hydrogen) atoms. The standard InChI is InChI=1S/C23H16ClN3O4/c24-19-9-10-22(31-15-16-5-2-1-3-6-16)17(12-19)11-18(14-25)23(28)26-20-7-4-8-21(13-20)27(29)30/h1-13H,15H2,(H,26,28)/b18-11+. The number of nitro benzene ring substituents is 1. The highest BCUT2D eigenvalue weighted by atomic mass is 35.5. The number of nitrogens with one attached hydrogen (secondary N) is 1. The lowest BCUT2D eigenvalue weighted by atomic mass is 10.1. The van der Waals surface area contributed by atoms with Crippen LogP contribution in [0.15, 0.2) is 78.4 Å². The van der Waals surface area contributed by atoms with E-state index in [-0.39, 0.29) is 16.9 Å². The van der Waals surface area contributed by atoms with Crippen LogP contribution in [-0.4, -0.2) is 10.8 Å². The van der Waals surface area contributed by atoms with Gasteiger partial charge in [-0.3, -0.25) is 14.9 Å². The van der Waals surface area contributed by atoms with E-state index in [4.69, 9.17) is 16.3 Å². The maximum Gasteiger partial charge on any atom is 0.271 e. The van der Waals surface area contributed by atoms with Crippen LogP contribution in [0.5, 0.6) is 5.75 Å². The summed E-state index contributed by atoms with van der Waals surface area (Å²) in [6, 6.07) is 21.7. The van der Waals surface area contributed by atoms with Gasteiger partial charge >= 0.3 is 0 Å². The maximum absolute atomic E-state index is 12.6. The third kappa shape index (κ3) is 5.92. The summed E-state index contributed by atoms with van der Waals surface area (Å²) in [7, 11) is 0. The quantitative estimate of drug-likeness (QED) is 0.233. The first-order chi connectivity index (χ1) is 15.0. The third-order valence-corrected chi connectivity index (χ3v) is 4.42. The van der Waals surface area contributed by atoms with E-state index in [1.807, 2.05) is 36.4 Å². The van der Waals surface area contributed by atoms with Crippen LogP contribution >= 0.6 is 11.6 Å². The number of non-ortho nitro benzene ring substituents is 1. The van der Waals surface area contributed by atoms with Crippen molar-refractivity contribution in [3.63, 3.8) is 0 Å². The summed E-state index contributed by atoms with van der Waals surface area (Å²) >= 11 is 6.08. The molecule has 0 spiro atoms. The molecule has 1 amide bonds. The van der Waals surface area contributed by atoms with Gasteiger partial charge < -0.3 is 10.1 Å².